The van der Waals surface area contributed by atoms with Gasteiger partial charge in [0.15, 0.2) is 0 Å². The van der Waals surface area contributed by atoms with Crippen molar-refractivity contribution in [2.24, 2.45) is 0 Å². The molecule has 2 rings (SSSR count). The lowest BCUT2D eigenvalue weighted by Gasteiger charge is -2.35. The summed E-state index contributed by atoms with van der Waals surface area (Å²) in [5.74, 6) is 0. The highest BCUT2D eigenvalue weighted by atomic mass is 15.3. The van der Waals surface area contributed by atoms with Gasteiger partial charge in [-0.1, -0.05) is 0 Å². The van der Waals surface area contributed by atoms with E-state index in [0.717, 1.165) is 24.7 Å². The Morgan fingerprint density at radius 2 is 2.00 bits per heavy atom. The standard InChI is InChI=1S/C13H27N3/c1-11-7-9-15(3)10-13(6-8-14-2)16(11)12-4-5-12/h11-14H,4-10H2,1-3H3. The lowest BCUT2D eigenvalue weighted by molar-refractivity contribution is 0.127. The third-order valence-electron chi connectivity index (χ3n) is 4.08. The Kier molecular flexibility index (Phi) is 4.22. The number of likely N-dealkylation sites (N-methyl/N-ethyl adjacent to an activating group) is 1. The van der Waals surface area contributed by atoms with Gasteiger partial charge in [0.25, 0.3) is 0 Å². The van der Waals surface area contributed by atoms with Gasteiger partial charge in [-0.3, -0.25) is 4.90 Å². The van der Waals surface area contributed by atoms with Crippen molar-refractivity contribution in [2.45, 2.75) is 50.7 Å². The summed E-state index contributed by atoms with van der Waals surface area (Å²) in [7, 11) is 4.33. The molecule has 1 heterocycles. The van der Waals surface area contributed by atoms with Crippen LogP contribution in [0.4, 0.5) is 0 Å². The summed E-state index contributed by atoms with van der Waals surface area (Å²) >= 11 is 0. The number of nitrogens with zero attached hydrogens (tertiary/aromatic N) is 2. The fourth-order valence-corrected chi connectivity index (χ4v) is 3.04. The van der Waals surface area contributed by atoms with Crippen molar-refractivity contribution in [1.82, 2.24) is 15.1 Å². The van der Waals surface area contributed by atoms with E-state index in [1.54, 1.807) is 0 Å². The molecule has 1 N–H and O–H groups in total. The van der Waals surface area contributed by atoms with E-state index < -0.39 is 0 Å². The Balaban J connectivity index is 2.00. The molecule has 0 aromatic carbocycles. The molecule has 2 fully saturated rings. The van der Waals surface area contributed by atoms with Crippen LogP contribution in [0.15, 0.2) is 0 Å². The average molecular weight is 225 g/mol. The predicted octanol–water partition coefficient (Wildman–Crippen LogP) is 1.15. The molecule has 0 amide bonds. The molecule has 2 atom stereocenters. The zero-order valence-electron chi connectivity index (χ0n) is 11.1. The summed E-state index contributed by atoms with van der Waals surface area (Å²) in [6.07, 6.45) is 5.50. The fraction of sp³-hybridized carbons (Fsp3) is 1.00. The molecule has 1 aliphatic heterocycles. The van der Waals surface area contributed by atoms with Gasteiger partial charge in [0.05, 0.1) is 0 Å². The number of hydrogen-bond donors (Lipinski definition) is 1. The quantitative estimate of drug-likeness (QED) is 0.774. The maximum absolute atomic E-state index is 3.30. The Bertz CT molecular complexity index is 215. The van der Waals surface area contributed by atoms with Crippen molar-refractivity contribution in [1.29, 1.82) is 0 Å². The van der Waals surface area contributed by atoms with Crippen LogP contribution < -0.4 is 5.32 Å². The zero-order valence-corrected chi connectivity index (χ0v) is 11.1. The van der Waals surface area contributed by atoms with Gasteiger partial charge in [-0.05, 0) is 59.8 Å². The van der Waals surface area contributed by atoms with E-state index in [1.807, 2.05) is 0 Å². The average Bonchev–Trinajstić information content (AvgIpc) is 3.06. The molecule has 1 aliphatic carbocycles. The van der Waals surface area contributed by atoms with Crippen molar-refractivity contribution in [3.05, 3.63) is 0 Å². The van der Waals surface area contributed by atoms with E-state index in [-0.39, 0.29) is 0 Å². The minimum Gasteiger partial charge on any atom is -0.320 e. The van der Waals surface area contributed by atoms with E-state index in [1.165, 1.54) is 38.8 Å². The molecule has 0 bridgehead atoms. The van der Waals surface area contributed by atoms with Gasteiger partial charge >= 0.3 is 0 Å². The predicted molar refractivity (Wildman–Crippen MR) is 68.8 cm³/mol. The van der Waals surface area contributed by atoms with Crippen LogP contribution in [-0.2, 0) is 0 Å². The Morgan fingerprint density at radius 3 is 2.62 bits per heavy atom. The Hall–Kier alpha value is -0.120. The maximum atomic E-state index is 3.30. The zero-order chi connectivity index (χ0) is 11.5. The van der Waals surface area contributed by atoms with Crippen LogP contribution in [0, 0.1) is 0 Å². The number of hydrogen-bond acceptors (Lipinski definition) is 3. The largest absolute Gasteiger partial charge is 0.320 e. The number of rotatable bonds is 4. The Morgan fingerprint density at radius 1 is 1.25 bits per heavy atom. The van der Waals surface area contributed by atoms with Crippen LogP contribution in [0.3, 0.4) is 0 Å². The summed E-state index contributed by atoms with van der Waals surface area (Å²) in [5.41, 5.74) is 0. The molecule has 2 aliphatic rings. The van der Waals surface area contributed by atoms with Crippen LogP contribution in [0.5, 0.6) is 0 Å². The van der Waals surface area contributed by atoms with Crippen LogP contribution in [0.2, 0.25) is 0 Å². The normalized spacial score (nSPS) is 33.9. The van der Waals surface area contributed by atoms with E-state index in [2.05, 4.69) is 36.1 Å². The van der Waals surface area contributed by atoms with Gasteiger partial charge in [-0.15, -0.1) is 0 Å². The molecule has 0 aromatic heterocycles. The van der Waals surface area contributed by atoms with E-state index >= 15 is 0 Å². The summed E-state index contributed by atoms with van der Waals surface area (Å²) in [4.78, 5) is 5.33. The molecule has 3 heteroatoms. The summed E-state index contributed by atoms with van der Waals surface area (Å²) in [6, 6.07) is 2.45. The van der Waals surface area contributed by atoms with Crippen LogP contribution in [0.1, 0.15) is 32.6 Å². The second-order valence-corrected chi connectivity index (χ2v) is 5.62. The third kappa shape index (κ3) is 2.96. The monoisotopic (exact) mass is 225 g/mol. The van der Waals surface area contributed by atoms with Gasteiger partial charge in [0.2, 0.25) is 0 Å². The van der Waals surface area contributed by atoms with Crippen molar-refractivity contribution in [3.8, 4) is 0 Å². The lowest BCUT2D eigenvalue weighted by atomic mass is 10.1. The molecule has 0 radical (unpaired) electrons. The van der Waals surface area contributed by atoms with E-state index in [9.17, 15) is 0 Å². The molecule has 3 nitrogen and oxygen atoms in total. The molecular weight excluding hydrogens is 198 g/mol. The molecular formula is C13H27N3. The van der Waals surface area contributed by atoms with Crippen LogP contribution in [-0.4, -0.2) is 61.7 Å². The minimum absolute atomic E-state index is 0.766. The van der Waals surface area contributed by atoms with Crippen molar-refractivity contribution >= 4 is 0 Å². The molecule has 2 unspecified atom stereocenters. The van der Waals surface area contributed by atoms with Gasteiger partial charge in [0.1, 0.15) is 0 Å². The van der Waals surface area contributed by atoms with Gasteiger partial charge in [-0.25, -0.2) is 0 Å². The first kappa shape index (κ1) is 12.3. The smallest absolute Gasteiger partial charge is 0.0240 e. The highest BCUT2D eigenvalue weighted by Gasteiger charge is 2.38. The highest BCUT2D eigenvalue weighted by molar-refractivity contribution is 4.94. The van der Waals surface area contributed by atoms with Crippen LogP contribution >= 0.6 is 0 Å². The second kappa shape index (κ2) is 5.48. The third-order valence-corrected chi connectivity index (χ3v) is 4.08. The SMILES string of the molecule is CNCCC1CN(C)CCC(C)N1C1CC1. The summed E-state index contributed by atoms with van der Waals surface area (Å²) in [6.45, 7) is 6.08. The number of nitrogens with one attached hydrogen (secondary N) is 1. The summed E-state index contributed by atoms with van der Waals surface area (Å²) in [5, 5.41) is 3.30. The maximum Gasteiger partial charge on any atom is 0.0240 e. The molecule has 94 valence electrons. The first-order chi connectivity index (χ1) is 7.72. The van der Waals surface area contributed by atoms with E-state index in [4.69, 9.17) is 0 Å². The molecule has 1 saturated heterocycles. The first-order valence-corrected chi connectivity index (χ1v) is 6.83. The van der Waals surface area contributed by atoms with Crippen molar-refractivity contribution in [2.75, 3.05) is 33.7 Å². The Labute approximate surface area is 100 Å². The first-order valence-electron chi connectivity index (χ1n) is 6.83. The van der Waals surface area contributed by atoms with Crippen LogP contribution in [0.25, 0.3) is 0 Å². The van der Waals surface area contributed by atoms with Gasteiger partial charge in [-0.2, -0.15) is 0 Å². The topological polar surface area (TPSA) is 18.5 Å². The van der Waals surface area contributed by atoms with Crippen molar-refractivity contribution in [3.63, 3.8) is 0 Å². The lowest BCUT2D eigenvalue weighted by Crippen LogP contribution is -2.46. The van der Waals surface area contributed by atoms with Crippen molar-refractivity contribution < 1.29 is 0 Å². The molecule has 0 spiro atoms. The minimum atomic E-state index is 0.766. The molecule has 16 heavy (non-hydrogen) atoms. The molecule has 0 aromatic rings. The highest BCUT2D eigenvalue weighted by Crippen LogP contribution is 2.33. The van der Waals surface area contributed by atoms with Gasteiger partial charge < -0.3 is 10.2 Å². The molecule has 1 saturated carbocycles. The fourth-order valence-electron chi connectivity index (χ4n) is 3.04. The summed E-state index contributed by atoms with van der Waals surface area (Å²) < 4.78 is 0. The second-order valence-electron chi connectivity index (χ2n) is 5.62. The van der Waals surface area contributed by atoms with E-state index in [0.29, 0.717) is 0 Å². The van der Waals surface area contributed by atoms with Gasteiger partial charge in [0, 0.05) is 24.7 Å².